The van der Waals surface area contributed by atoms with Gasteiger partial charge in [-0.3, -0.25) is 13.9 Å². The molecule has 0 heterocycles. The van der Waals surface area contributed by atoms with Gasteiger partial charge in [-0.05, 0) is 62.1 Å². The average Bonchev–Trinajstić information content (AvgIpc) is 3.01. The number of hydrogen-bond acceptors (Lipinski definition) is 6. The number of carbonyl (C=O) groups is 2. The van der Waals surface area contributed by atoms with Crippen molar-refractivity contribution in [2.24, 2.45) is 0 Å². The van der Waals surface area contributed by atoms with E-state index in [9.17, 15) is 18.0 Å². The van der Waals surface area contributed by atoms with Crippen molar-refractivity contribution in [3.05, 3.63) is 90.0 Å². The molecule has 0 aliphatic carbocycles. The lowest BCUT2D eigenvalue weighted by Crippen LogP contribution is -2.52. The van der Waals surface area contributed by atoms with E-state index < -0.39 is 16.1 Å². The number of amides is 2. The average molecular weight is 624 g/mol. The Labute approximate surface area is 262 Å². The number of methoxy groups -OCH3 is 1. The van der Waals surface area contributed by atoms with Crippen LogP contribution in [0.5, 0.6) is 11.5 Å². The van der Waals surface area contributed by atoms with Crippen molar-refractivity contribution in [3.63, 3.8) is 0 Å². The molecule has 0 aliphatic heterocycles. The van der Waals surface area contributed by atoms with E-state index in [1.54, 1.807) is 36.3 Å². The molecule has 9 nitrogen and oxygen atoms in total. The SMILES string of the molecule is CCOc1ccccc1N(CCCC(=O)N(Cc1cccc(OC)c1)[C@@H](Cc1ccccc1)C(=O)N[C@@H](C)CC)S(C)(=O)=O. The Kier molecular flexibility index (Phi) is 13.1. The molecular weight excluding hydrogens is 578 g/mol. The standard InChI is InChI=1S/C34H45N3O6S/c1-6-26(3)35-34(39)31(24-27-15-9-8-10-16-27)36(25-28-17-13-18-29(23-28)42-4)33(38)21-14-22-37(44(5,40)41)30-19-11-12-20-32(30)43-7-2/h8-13,15-20,23,26,31H,6-7,14,21-22,24-25H2,1-5H3,(H,35,39)/t26-,31-/m0/s1. The van der Waals surface area contributed by atoms with E-state index >= 15 is 0 Å². The van der Waals surface area contributed by atoms with Gasteiger partial charge in [0.15, 0.2) is 0 Å². The van der Waals surface area contributed by atoms with Gasteiger partial charge in [0.2, 0.25) is 21.8 Å². The third-order valence-corrected chi connectivity index (χ3v) is 8.53. The van der Waals surface area contributed by atoms with Crippen molar-refractivity contribution in [2.75, 3.05) is 30.8 Å². The van der Waals surface area contributed by atoms with Crippen LogP contribution in [0.1, 0.15) is 51.2 Å². The molecule has 3 rings (SSSR count). The van der Waals surface area contributed by atoms with Crippen molar-refractivity contribution >= 4 is 27.5 Å². The molecule has 0 spiro atoms. The van der Waals surface area contributed by atoms with Crippen LogP contribution in [0, 0.1) is 0 Å². The van der Waals surface area contributed by atoms with Gasteiger partial charge in [0.1, 0.15) is 17.5 Å². The molecule has 0 unspecified atom stereocenters. The summed E-state index contributed by atoms with van der Waals surface area (Å²) in [5.74, 6) is 0.619. The zero-order valence-corrected chi connectivity index (χ0v) is 27.2. The third kappa shape index (κ3) is 10.0. The highest BCUT2D eigenvalue weighted by Gasteiger charge is 2.31. The molecule has 44 heavy (non-hydrogen) atoms. The van der Waals surface area contributed by atoms with E-state index in [-0.39, 0.29) is 43.8 Å². The second-order valence-corrected chi connectivity index (χ2v) is 12.6. The summed E-state index contributed by atoms with van der Waals surface area (Å²) in [6.07, 6.45) is 2.50. The van der Waals surface area contributed by atoms with Gasteiger partial charge in [-0.2, -0.15) is 0 Å². The summed E-state index contributed by atoms with van der Waals surface area (Å²) >= 11 is 0. The maximum atomic E-state index is 14.1. The van der Waals surface area contributed by atoms with Crippen molar-refractivity contribution in [1.29, 1.82) is 0 Å². The van der Waals surface area contributed by atoms with Gasteiger partial charge >= 0.3 is 0 Å². The molecule has 3 aromatic carbocycles. The fourth-order valence-electron chi connectivity index (χ4n) is 4.89. The van der Waals surface area contributed by atoms with Crippen LogP contribution < -0.4 is 19.1 Å². The summed E-state index contributed by atoms with van der Waals surface area (Å²) < 4.78 is 38.0. The number of ether oxygens (including phenoxy) is 2. The number of nitrogens with one attached hydrogen (secondary N) is 1. The largest absolute Gasteiger partial charge is 0.497 e. The lowest BCUT2D eigenvalue weighted by atomic mass is 10.0. The highest BCUT2D eigenvalue weighted by atomic mass is 32.2. The topological polar surface area (TPSA) is 105 Å². The van der Waals surface area contributed by atoms with Gasteiger partial charge in [-0.25, -0.2) is 8.42 Å². The van der Waals surface area contributed by atoms with Gasteiger partial charge in [0.25, 0.3) is 0 Å². The first kappa shape index (κ1) is 34.4. The number of nitrogens with zero attached hydrogens (tertiary/aromatic N) is 2. The number of hydrogen-bond donors (Lipinski definition) is 1. The Morgan fingerprint density at radius 3 is 2.27 bits per heavy atom. The minimum atomic E-state index is -3.67. The molecule has 2 amide bonds. The smallest absolute Gasteiger partial charge is 0.243 e. The fourth-order valence-corrected chi connectivity index (χ4v) is 5.85. The van der Waals surface area contributed by atoms with Gasteiger partial charge in [-0.1, -0.05) is 61.5 Å². The second kappa shape index (κ2) is 16.7. The molecule has 1 N–H and O–H groups in total. The van der Waals surface area contributed by atoms with Crippen LogP contribution >= 0.6 is 0 Å². The summed E-state index contributed by atoms with van der Waals surface area (Å²) in [5, 5.41) is 3.07. The quantitative estimate of drug-likeness (QED) is 0.222. The highest BCUT2D eigenvalue weighted by molar-refractivity contribution is 7.92. The van der Waals surface area contributed by atoms with E-state index in [0.717, 1.165) is 23.8 Å². The van der Waals surface area contributed by atoms with Crippen LogP contribution in [0.4, 0.5) is 5.69 Å². The van der Waals surface area contributed by atoms with E-state index in [1.807, 2.05) is 75.4 Å². The minimum Gasteiger partial charge on any atom is -0.497 e. The first-order chi connectivity index (χ1) is 21.1. The number of benzene rings is 3. The van der Waals surface area contributed by atoms with Crippen LogP contribution in [-0.4, -0.2) is 63.7 Å². The first-order valence-corrected chi connectivity index (χ1v) is 16.9. The van der Waals surface area contributed by atoms with Crippen molar-refractivity contribution in [1.82, 2.24) is 10.2 Å². The highest BCUT2D eigenvalue weighted by Crippen LogP contribution is 2.30. The monoisotopic (exact) mass is 623 g/mol. The van der Waals surface area contributed by atoms with Crippen LogP contribution in [0.3, 0.4) is 0 Å². The van der Waals surface area contributed by atoms with Crippen LogP contribution in [0.15, 0.2) is 78.9 Å². The van der Waals surface area contributed by atoms with E-state index in [4.69, 9.17) is 9.47 Å². The predicted molar refractivity (Wildman–Crippen MR) is 174 cm³/mol. The van der Waals surface area contributed by atoms with Crippen LogP contribution in [0.2, 0.25) is 0 Å². The lowest BCUT2D eigenvalue weighted by molar-refractivity contribution is -0.141. The molecule has 0 saturated heterocycles. The molecule has 0 aliphatic rings. The molecule has 10 heteroatoms. The maximum absolute atomic E-state index is 14.1. The van der Waals surface area contributed by atoms with Crippen LogP contribution in [0.25, 0.3) is 0 Å². The Balaban J connectivity index is 1.92. The van der Waals surface area contributed by atoms with Gasteiger partial charge in [0.05, 0.1) is 25.7 Å². The third-order valence-electron chi connectivity index (χ3n) is 7.35. The summed E-state index contributed by atoms with van der Waals surface area (Å²) in [7, 11) is -2.09. The fraction of sp³-hybridized carbons (Fsp3) is 0.412. The molecule has 238 valence electrons. The summed E-state index contributed by atoms with van der Waals surface area (Å²) in [5.41, 5.74) is 2.17. The molecule has 0 radical (unpaired) electrons. The first-order valence-electron chi connectivity index (χ1n) is 15.0. The Bertz CT molecular complexity index is 1460. The maximum Gasteiger partial charge on any atom is 0.243 e. The summed E-state index contributed by atoms with van der Waals surface area (Å²) in [6.45, 7) is 6.40. The van der Waals surface area contributed by atoms with Gasteiger partial charge in [0, 0.05) is 32.0 Å². The van der Waals surface area contributed by atoms with Crippen molar-refractivity contribution in [3.8, 4) is 11.5 Å². The molecule has 2 atom stereocenters. The van der Waals surface area contributed by atoms with E-state index in [0.29, 0.717) is 30.2 Å². The molecular formula is C34H45N3O6S. The van der Waals surface area contributed by atoms with Crippen LogP contribution in [-0.2, 0) is 32.6 Å². The van der Waals surface area contributed by atoms with Gasteiger partial charge in [-0.15, -0.1) is 0 Å². The summed E-state index contributed by atoms with van der Waals surface area (Å²) in [6, 6.07) is 23.1. The van der Waals surface area contributed by atoms with E-state index in [1.165, 1.54) is 4.31 Å². The van der Waals surface area contributed by atoms with Crippen molar-refractivity contribution < 1.29 is 27.5 Å². The number of carbonyl (C=O) groups excluding carboxylic acids is 2. The predicted octanol–water partition coefficient (Wildman–Crippen LogP) is 5.19. The number of anilines is 1. The van der Waals surface area contributed by atoms with Gasteiger partial charge < -0.3 is 19.7 Å². The zero-order chi connectivity index (χ0) is 32.1. The van der Waals surface area contributed by atoms with E-state index in [2.05, 4.69) is 5.32 Å². The Hall–Kier alpha value is -4.05. The number of rotatable bonds is 17. The summed E-state index contributed by atoms with van der Waals surface area (Å²) in [4.78, 5) is 29.4. The normalized spacial score (nSPS) is 12.6. The Morgan fingerprint density at radius 1 is 0.932 bits per heavy atom. The molecule has 0 fully saturated rings. The van der Waals surface area contributed by atoms with Crippen molar-refractivity contribution in [2.45, 2.75) is 65.1 Å². The Morgan fingerprint density at radius 2 is 1.61 bits per heavy atom. The number of para-hydroxylation sites is 2. The molecule has 0 aromatic heterocycles. The lowest BCUT2D eigenvalue weighted by Gasteiger charge is -2.33. The minimum absolute atomic E-state index is 0.0364. The zero-order valence-electron chi connectivity index (χ0n) is 26.4. The molecule has 0 saturated carbocycles. The molecule has 3 aromatic rings. The second-order valence-electron chi connectivity index (χ2n) is 10.7. The number of sulfonamides is 1. The molecule has 0 bridgehead atoms.